The van der Waals surface area contributed by atoms with Gasteiger partial charge in [0, 0.05) is 17.1 Å². The molecule has 2 nitrogen and oxygen atoms in total. The highest BCUT2D eigenvalue weighted by Crippen LogP contribution is 2.24. The van der Waals surface area contributed by atoms with Gasteiger partial charge in [0.2, 0.25) is 0 Å². The van der Waals surface area contributed by atoms with Crippen molar-refractivity contribution in [3.05, 3.63) is 60.8 Å². The predicted molar refractivity (Wildman–Crippen MR) is 73.0 cm³/mol. The average Bonchev–Trinajstić information content (AvgIpc) is 2.83. The molecule has 0 aliphatic carbocycles. The summed E-state index contributed by atoms with van der Waals surface area (Å²) in [7, 11) is 0. The van der Waals surface area contributed by atoms with Gasteiger partial charge >= 0.3 is 0 Å². The van der Waals surface area contributed by atoms with E-state index in [1.807, 2.05) is 29.0 Å². The molecule has 0 bridgehead atoms. The molecule has 0 aliphatic heterocycles. The van der Waals surface area contributed by atoms with Crippen LogP contribution in [-0.4, -0.2) is 4.57 Å². The van der Waals surface area contributed by atoms with E-state index in [0.29, 0.717) is 6.54 Å². The quantitative estimate of drug-likeness (QED) is 0.660. The highest BCUT2D eigenvalue weighted by atomic mass is 14.9. The Morgan fingerprint density at radius 1 is 0.944 bits per heavy atom. The van der Waals surface area contributed by atoms with Crippen molar-refractivity contribution in [2.24, 2.45) is 0 Å². The summed E-state index contributed by atoms with van der Waals surface area (Å²) in [6, 6.07) is 20.9. The van der Waals surface area contributed by atoms with Crippen LogP contribution in [-0.2, 0) is 6.54 Å². The number of benzene rings is 2. The zero-order valence-corrected chi connectivity index (χ0v) is 9.88. The van der Waals surface area contributed by atoms with Crippen LogP contribution in [0.25, 0.3) is 22.0 Å². The third-order valence-electron chi connectivity index (χ3n) is 3.12. The first kappa shape index (κ1) is 10.6. The Labute approximate surface area is 106 Å². The van der Waals surface area contributed by atoms with Crippen molar-refractivity contribution in [3.63, 3.8) is 0 Å². The SMILES string of the molecule is N#CCn1ccc2cc(-c3ccccc3)ccc21. The van der Waals surface area contributed by atoms with Gasteiger partial charge in [0.05, 0.1) is 6.07 Å². The van der Waals surface area contributed by atoms with Crippen molar-refractivity contribution in [1.82, 2.24) is 4.57 Å². The van der Waals surface area contributed by atoms with Crippen molar-refractivity contribution in [2.75, 3.05) is 0 Å². The lowest BCUT2D eigenvalue weighted by Gasteiger charge is -2.03. The standard InChI is InChI=1S/C16H12N2/c17-9-11-18-10-8-15-12-14(6-7-16(15)18)13-4-2-1-3-5-13/h1-8,10,12H,11H2. The molecule has 0 atom stereocenters. The largest absolute Gasteiger partial charge is 0.334 e. The molecule has 0 radical (unpaired) electrons. The van der Waals surface area contributed by atoms with E-state index in [2.05, 4.69) is 42.5 Å². The van der Waals surface area contributed by atoms with E-state index in [9.17, 15) is 0 Å². The van der Waals surface area contributed by atoms with Gasteiger partial charge in [0.25, 0.3) is 0 Å². The number of rotatable bonds is 2. The summed E-state index contributed by atoms with van der Waals surface area (Å²) >= 11 is 0. The average molecular weight is 232 g/mol. The van der Waals surface area contributed by atoms with Crippen molar-refractivity contribution < 1.29 is 0 Å². The van der Waals surface area contributed by atoms with Gasteiger partial charge in [0.15, 0.2) is 0 Å². The molecule has 0 unspecified atom stereocenters. The smallest absolute Gasteiger partial charge is 0.110 e. The van der Waals surface area contributed by atoms with Crippen molar-refractivity contribution >= 4 is 10.9 Å². The molecule has 0 N–H and O–H groups in total. The first-order valence-electron chi connectivity index (χ1n) is 5.90. The number of hydrogen-bond donors (Lipinski definition) is 0. The lowest BCUT2D eigenvalue weighted by atomic mass is 10.0. The van der Waals surface area contributed by atoms with Crippen LogP contribution in [0, 0.1) is 11.3 Å². The van der Waals surface area contributed by atoms with Crippen LogP contribution in [0.2, 0.25) is 0 Å². The fraction of sp³-hybridized carbons (Fsp3) is 0.0625. The molecule has 86 valence electrons. The molecule has 0 saturated carbocycles. The van der Waals surface area contributed by atoms with Crippen LogP contribution in [0.15, 0.2) is 60.8 Å². The maximum Gasteiger partial charge on any atom is 0.110 e. The molecular formula is C16H12N2. The van der Waals surface area contributed by atoms with Gasteiger partial charge in [-0.15, -0.1) is 0 Å². The van der Waals surface area contributed by atoms with E-state index in [1.165, 1.54) is 16.5 Å². The van der Waals surface area contributed by atoms with Crippen molar-refractivity contribution in [3.8, 4) is 17.2 Å². The van der Waals surface area contributed by atoms with Gasteiger partial charge in [-0.2, -0.15) is 5.26 Å². The van der Waals surface area contributed by atoms with Crippen LogP contribution < -0.4 is 0 Å². The van der Waals surface area contributed by atoms with Crippen molar-refractivity contribution in [2.45, 2.75) is 6.54 Å². The van der Waals surface area contributed by atoms with Gasteiger partial charge in [-0.25, -0.2) is 0 Å². The molecule has 0 saturated heterocycles. The molecule has 18 heavy (non-hydrogen) atoms. The first-order chi connectivity index (χ1) is 8.88. The Bertz CT molecular complexity index is 718. The summed E-state index contributed by atoms with van der Waals surface area (Å²) < 4.78 is 1.96. The molecule has 3 aromatic rings. The van der Waals surface area contributed by atoms with E-state index in [4.69, 9.17) is 5.26 Å². The van der Waals surface area contributed by atoms with E-state index < -0.39 is 0 Å². The maximum absolute atomic E-state index is 8.76. The van der Waals surface area contributed by atoms with Crippen LogP contribution in [0.4, 0.5) is 0 Å². The van der Waals surface area contributed by atoms with Gasteiger partial charge in [-0.3, -0.25) is 0 Å². The molecular weight excluding hydrogens is 220 g/mol. The summed E-state index contributed by atoms with van der Waals surface area (Å²) in [5, 5.41) is 9.93. The zero-order chi connectivity index (χ0) is 12.4. The van der Waals surface area contributed by atoms with E-state index in [0.717, 1.165) is 5.52 Å². The highest BCUT2D eigenvalue weighted by molar-refractivity contribution is 5.85. The number of fused-ring (bicyclic) bond motifs is 1. The molecule has 0 amide bonds. The second kappa shape index (κ2) is 4.38. The fourth-order valence-electron chi connectivity index (χ4n) is 2.22. The molecule has 2 aromatic carbocycles. The van der Waals surface area contributed by atoms with Crippen LogP contribution in [0.5, 0.6) is 0 Å². The minimum absolute atomic E-state index is 0.397. The molecule has 1 aromatic heterocycles. The molecule has 3 rings (SSSR count). The molecule has 2 heteroatoms. The highest BCUT2D eigenvalue weighted by Gasteiger charge is 2.03. The van der Waals surface area contributed by atoms with E-state index in [-0.39, 0.29) is 0 Å². The Hall–Kier alpha value is -2.53. The van der Waals surface area contributed by atoms with Gasteiger partial charge < -0.3 is 4.57 Å². The summed E-state index contributed by atoms with van der Waals surface area (Å²) in [5.74, 6) is 0. The summed E-state index contributed by atoms with van der Waals surface area (Å²) in [4.78, 5) is 0. The van der Waals surface area contributed by atoms with Crippen molar-refractivity contribution in [1.29, 1.82) is 5.26 Å². The Kier molecular flexibility index (Phi) is 2.59. The monoisotopic (exact) mass is 232 g/mol. The van der Waals surface area contributed by atoms with E-state index >= 15 is 0 Å². The minimum Gasteiger partial charge on any atom is -0.334 e. The number of nitriles is 1. The summed E-state index contributed by atoms with van der Waals surface area (Å²) in [6.07, 6.45) is 1.96. The summed E-state index contributed by atoms with van der Waals surface area (Å²) in [6.45, 7) is 0.397. The first-order valence-corrected chi connectivity index (χ1v) is 5.90. The van der Waals surface area contributed by atoms with Crippen LogP contribution in [0.3, 0.4) is 0 Å². The Balaban J connectivity index is 2.11. The van der Waals surface area contributed by atoms with Crippen LogP contribution in [0.1, 0.15) is 0 Å². The Morgan fingerprint density at radius 2 is 1.78 bits per heavy atom. The number of nitrogens with zero attached hydrogens (tertiary/aromatic N) is 2. The minimum atomic E-state index is 0.397. The molecule has 1 heterocycles. The fourth-order valence-corrected chi connectivity index (χ4v) is 2.22. The lowest BCUT2D eigenvalue weighted by molar-refractivity contribution is 0.874. The topological polar surface area (TPSA) is 28.7 Å². The van der Waals surface area contributed by atoms with Crippen LogP contribution >= 0.6 is 0 Å². The maximum atomic E-state index is 8.76. The second-order valence-corrected chi connectivity index (χ2v) is 4.24. The Morgan fingerprint density at radius 3 is 2.56 bits per heavy atom. The number of hydrogen-bond acceptors (Lipinski definition) is 1. The molecule has 0 fully saturated rings. The predicted octanol–water partition coefficient (Wildman–Crippen LogP) is 3.83. The summed E-state index contributed by atoms with van der Waals surface area (Å²) in [5.41, 5.74) is 3.53. The third-order valence-corrected chi connectivity index (χ3v) is 3.12. The van der Waals surface area contributed by atoms with Gasteiger partial charge in [-0.1, -0.05) is 36.4 Å². The molecule has 0 spiro atoms. The van der Waals surface area contributed by atoms with Gasteiger partial charge in [-0.05, 0) is 29.3 Å². The van der Waals surface area contributed by atoms with Gasteiger partial charge in [0.1, 0.15) is 6.54 Å². The normalized spacial score (nSPS) is 10.4. The van der Waals surface area contributed by atoms with E-state index in [1.54, 1.807) is 0 Å². The third kappa shape index (κ3) is 1.76. The number of aromatic nitrogens is 1. The zero-order valence-electron chi connectivity index (χ0n) is 9.88. The lowest BCUT2D eigenvalue weighted by Crippen LogP contribution is -1.91. The second-order valence-electron chi connectivity index (χ2n) is 4.24. The molecule has 0 aliphatic rings.